The topological polar surface area (TPSA) is 15.3 Å². The molecule has 1 aromatic carbocycles. The van der Waals surface area contributed by atoms with Crippen molar-refractivity contribution in [1.82, 2.24) is 10.2 Å². The van der Waals surface area contributed by atoms with Crippen molar-refractivity contribution in [2.75, 3.05) is 26.7 Å². The highest BCUT2D eigenvalue weighted by Gasteiger charge is 2.23. The lowest BCUT2D eigenvalue weighted by molar-refractivity contribution is 0.399. The SMILES string of the molecule is CN1CCC(c2ccc(CC3CCCCN3)cc2Br)C1. The van der Waals surface area contributed by atoms with Crippen LogP contribution in [-0.4, -0.2) is 37.6 Å². The fraction of sp³-hybridized carbons (Fsp3) is 0.647. The predicted molar refractivity (Wildman–Crippen MR) is 88.3 cm³/mol. The Bertz CT molecular complexity index is 454. The minimum Gasteiger partial charge on any atom is -0.314 e. The largest absolute Gasteiger partial charge is 0.314 e. The summed E-state index contributed by atoms with van der Waals surface area (Å²) in [4.78, 5) is 2.43. The van der Waals surface area contributed by atoms with Gasteiger partial charge in [-0.3, -0.25) is 0 Å². The number of likely N-dealkylation sites (N-methyl/N-ethyl adjacent to an activating group) is 1. The number of halogens is 1. The van der Waals surface area contributed by atoms with E-state index in [0.717, 1.165) is 0 Å². The van der Waals surface area contributed by atoms with Crippen LogP contribution in [0.15, 0.2) is 22.7 Å². The van der Waals surface area contributed by atoms with Crippen LogP contribution in [-0.2, 0) is 6.42 Å². The second-order valence-electron chi connectivity index (χ2n) is 6.45. The molecule has 2 fully saturated rings. The summed E-state index contributed by atoms with van der Waals surface area (Å²) in [6, 6.07) is 7.73. The van der Waals surface area contributed by atoms with E-state index in [4.69, 9.17) is 0 Å². The average Bonchev–Trinajstić information content (AvgIpc) is 2.86. The van der Waals surface area contributed by atoms with Gasteiger partial charge in [-0.2, -0.15) is 0 Å². The standard InChI is InChI=1S/C17H25BrN2/c1-20-9-7-14(12-20)16-6-5-13(11-17(16)18)10-15-4-2-3-8-19-15/h5-6,11,14-15,19H,2-4,7-10,12H2,1H3. The number of likely N-dealkylation sites (tertiary alicyclic amines) is 1. The van der Waals surface area contributed by atoms with E-state index in [1.165, 1.54) is 67.3 Å². The van der Waals surface area contributed by atoms with Gasteiger partial charge in [0.1, 0.15) is 0 Å². The van der Waals surface area contributed by atoms with Crippen molar-refractivity contribution in [3.05, 3.63) is 33.8 Å². The van der Waals surface area contributed by atoms with Crippen LogP contribution in [0.5, 0.6) is 0 Å². The normalized spacial score (nSPS) is 27.9. The van der Waals surface area contributed by atoms with Crippen LogP contribution in [0.3, 0.4) is 0 Å². The molecule has 1 N–H and O–H groups in total. The smallest absolute Gasteiger partial charge is 0.0213 e. The number of piperidine rings is 1. The number of hydrogen-bond donors (Lipinski definition) is 1. The summed E-state index contributed by atoms with van der Waals surface area (Å²) in [5.41, 5.74) is 2.96. The molecule has 3 rings (SSSR count). The number of hydrogen-bond acceptors (Lipinski definition) is 2. The molecule has 0 bridgehead atoms. The van der Waals surface area contributed by atoms with Crippen molar-refractivity contribution in [2.24, 2.45) is 0 Å². The van der Waals surface area contributed by atoms with Crippen LogP contribution in [0, 0.1) is 0 Å². The molecule has 0 aromatic heterocycles. The van der Waals surface area contributed by atoms with Crippen molar-refractivity contribution in [3.63, 3.8) is 0 Å². The van der Waals surface area contributed by atoms with Crippen LogP contribution in [0.2, 0.25) is 0 Å². The summed E-state index contributed by atoms with van der Waals surface area (Å²) in [6.07, 6.45) is 6.51. The number of benzene rings is 1. The number of rotatable bonds is 3. The fourth-order valence-electron chi connectivity index (χ4n) is 3.60. The third-order valence-electron chi connectivity index (χ3n) is 4.79. The van der Waals surface area contributed by atoms with Gasteiger partial charge in [0.05, 0.1) is 0 Å². The quantitative estimate of drug-likeness (QED) is 0.907. The Morgan fingerprint density at radius 2 is 2.20 bits per heavy atom. The van der Waals surface area contributed by atoms with Crippen molar-refractivity contribution < 1.29 is 0 Å². The highest BCUT2D eigenvalue weighted by Crippen LogP contribution is 2.32. The van der Waals surface area contributed by atoms with Gasteiger partial charge in [0.15, 0.2) is 0 Å². The second kappa shape index (κ2) is 6.59. The summed E-state index contributed by atoms with van der Waals surface area (Å²) in [6.45, 7) is 3.62. The Kier molecular flexibility index (Phi) is 4.79. The highest BCUT2D eigenvalue weighted by molar-refractivity contribution is 9.10. The van der Waals surface area contributed by atoms with Gasteiger partial charge in [-0.25, -0.2) is 0 Å². The Hall–Kier alpha value is -0.380. The molecule has 1 aromatic rings. The second-order valence-corrected chi connectivity index (χ2v) is 7.31. The third kappa shape index (κ3) is 3.44. The first-order chi connectivity index (χ1) is 9.72. The molecule has 2 saturated heterocycles. The number of nitrogens with zero attached hydrogens (tertiary/aromatic N) is 1. The first-order valence-electron chi connectivity index (χ1n) is 7.92. The summed E-state index contributed by atoms with van der Waals surface area (Å²) < 4.78 is 1.31. The Morgan fingerprint density at radius 3 is 2.85 bits per heavy atom. The summed E-state index contributed by atoms with van der Waals surface area (Å²) in [5.74, 6) is 0.705. The zero-order valence-corrected chi connectivity index (χ0v) is 14.0. The first kappa shape index (κ1) is 14.6. The Balaban J connectivity index is 1.67. The zero-order chi connectivity index (χ0) is 13.9. The van der Waals surface area contributed by atoms with E-state index in [-0.39, 0.29) is 0 Å². The molecule has 2 heterocycles. The van der Waals surface area contributed by atoms with Crippen molar-refractivity contribution in [1.29, 1.82) is 0 Å². The molecular weight excluding hydrogens is 312 g/mol. The van der Waals surface area contributed by atoms with Gasteiger partial charge in [-0.1, -0.05) is 34.5 Å². The molecule has 110 valence electrons. The molecule has 0 spiro atoms. The van der Waals surface area contributed by atoms with Crippen LogP contribution < -0.4 is 5.32 Å². The molecular formula is C17H25BrN2. The molecule has 2 nitrogen and oxygen atoms in total. The maximum absolute atomic E-state index is 3.80. The van der Waals surface area contributed by atoms with E-state index < -0.39 is 0 Å². The van der Waals surface area contributed by atoms with Gasteiger partial charge >= 0.3 is 0 Å². The van der Waals surface area contributed by atoms with Crippen molar-refractivity contribution >= 4 is 15.9 Å². The number of nitrogens with one attached hydrogen (secondary N) is 1. The van der Waals surface area contributed by atoms with Gasteiger partial charge < -0.3 is 10.2 Å². The zero-order valence-electron chi connectivity index (χ0n) is 12.4. The van der Waals surface area contributed by atoms with E-state index >= 15 is 0 Å². The fourth-order valence-corrected chi connectivity index (χ4v) is 4.35. The van der Waals surface area contributed by atoms with Gasteiger partial charge in [0, 0.05) is 17.1 Å². The van der Waals surface area contributed by atoms with Gasteiger partial charge in [-0.15, -0.1) is 0 Å². The van der Waals surface area contributed by atoms with Crippen LogP contribution >= 0.6 is 15.9 Å². The van der Waals surface area contributed by atoms with E-state index in [0.29, 0.717) is 12.0 Å². The first-order valence-corrected chi connectivity index (χ1v) is 8.72. The van der Waals surface area contributed by atoms with E-state index in [1.54, 1.807) is 0 Å². The summed E-state index contributed by atoms with van der Waals surface area (Å²) in [5, 5.41) is 3.64. The highest BCUT2D eigenvalue weighted by atomic mass is 79.9. The van der Waals surface area contributed by atoms with Gasteiger partial charge in [-0.05, 0) is 68.9 Å². The van der Waals surface area contributed by atoms with E-state index in [1.807, 2.05) is 0 Å². The minimum atomic E-state index is 0.680. The molecule has 20 heavy (non-hydrogen) atoms. The van der Waals surface area contributed by atoms with Crippen LogP contribution in [0.1, 0.15) is 42.7 Å². The summed E-state index contributed by atoms with van der Waals surface area (Å²) >= 11 is 3.80. The predicted octanol–water partition coefficient (Wildman–Crippen LogP) is 3.55. The van der Waals surface area contributed by atoms with E-state index in [9.17, 15) is 0 Å². The molecule has 2 unspecified atom stereocenters. The van der Waals surface area contributed by atoms with Crippen molar-refractivity contribution in [3.8, 4) is 0 Å². The third-order valence-corrected chi connectivity index (χ3v) is 5.48. The van der Waals surface area contributed by atoms with Gasteiger partial charge in [0.25, 0.3) is 0 Å². The molecule has 3 heteroatoms. The minimum absolute atomic E-state index is 0.680. The van der Waals surface area contributed by atoms with E-state index in [2.05, 4.69) is 51.4 Å². The lowest BCUT2D eigenvalue weighted by atomic mass is 9.94. The summed E-state index contributed by atoms with van der Waals surface area (Å²) in [7, 11) is 2.22. The molecule has 0 aliphatic carbocycles. The molecule has 0 radical (unpaired) electrons. The van der Waals surface area contributed by atoms with Crippen molar-refractivity contribution in [2.45, 2.75) is 44.1 Å². The molecule has 2 atom stereocenters. The monoisotopic (exact) mass is 336 g/mol. The molecule has 2 aliphatic rings. The maximum atomic E-state index is 3.80. The van der Waals surface area contributed by atoms with Gasteiger partial charge in [0.2, 0.25) is 0 Å². The van der Waals surface area contributed by atoms with Crippen LogP contribution in [0.4, 0.5) is 0 Å². The maximum Gasteiger partial charge on any atom is 0.0213 e. The lowest BCUT2D eigenvalue weighted by Gasteiger charge is -2.24. The average molecular weight is 337 g/mol. The molecule has 2 aliphatic heterocycles. The lowest BCUT2D eigenvalue weighted by Crippen LogP contribution is -2.35. The van der Waals surface area contributed by atoms with Crippen LogP contribution in [0.25, 0.3) is 0 Å². The Morgan fingerprint density at radius 1 is 1.30 bits per heavy atom. The molecule has 0 amide bonds. The molecule has 0 saturated carbocycles. The Labute approximate surface area is 131 Å².